The number of allylic oxidation sites excluding steroid dienone is 2. The third-order valence-corrected chi connectivity index (χ3v) is 8.13. The number of phenols is 1. The summed E-state index contributed by atoms with van der Waals surface area (Å²) in [5.74, 6) is -8.81. The van der Waals surface area contributed by atoms with Crippen LogP contribution in [0.15, 0.2) is 28.7 Å². The van der Waals surface area contributed by atoms with E-state index in [4.69, 9.17) is 10.5 Å². The first-order valence-electron chi connectivity index (χ1n) is 13.3. The summed E-state index contributed by atoms with van der Waals surface area (Å²) in [6, 6.07) is 0.877. The number of amides is 1. The highest BCUT2D eigenvalue weighted by Gasteiger charge is 2.60. The molecule has 1 unspecified atom stereocenters. The minimum Gasteiger partial charge on any atom is -0.511 e. The van der Waals surface area contributed by atoms with Crippen molar-refractivity contribution in [3.05, 3.63) is 51.0 Å². The molecule has 4 rings (SSSR count). The Kier molecular flexibility index (Phi) is 8.02. The van der Waals surface area contributed by atoms with Crippen LogP contribution in [0.2, 0.25) is 0 Å². The van der Waals surface area contributed by atoms with Crippen LogP contribution >= 0.6 is 0 Å². The summed E-state index contributed by atoms with van der Waals surface area (Å²) in [6.45, 7) is 6.24. The fourth-order valence-electron chi connectivity index (χ4n) is 6.24. The molecule has 41 heavy (non-hydrogen) atoms. The molecule has 1 aromatic rings. The largest absolute Gasteiger partial charge is 0.511 e. The minimum absolute atomic E-state index is 0.0655. The van der Waals surface area contributed by atoms with Gasteiger partial charge in [0.05, 0.1) is 23.8 Å². The number of aromatic hydroxyl groups is 1. The van der Waals surface area contributed by atoms with Crippen molar-refractivity contribution in [3.8, 4) is 5.75 Å². The number of rotatable bonds is 8. The predicted octanol–water partition coefficient (Wildman–Crippen LogP) is 2.85. The zero-order valence-electron chi connectivity index (χ0n) is 22.8. The molecule has 0 heterocycles. The van der Waals surface area contributed by atoms with Crippen LogP contribution in [0.4, 0.5) is 13.2 Å². The lowest BCUT2D eigenvalue weighted by molar-refractivity contribution is -0.144. The van der Waals surface area contributed by atoms with Crippen LogP contribution in [-0.4, -0.2) is 74.2 Å². The highest BCUT2D eigenvalue weighted by Crippen LogP contribution is 2.53. The van der Waals surface area contributed by atoms with E-state index in [2.05, 4.69) is 0 Å². The molecule has 3 atom stereocenters. The number of nitrogens with two attached hydrogens (primary N) is 1. The molecule has 6 N–H and O–H groups in total. The number of fused-ring (bicyclic) bond motifs is 3. The van der Waals surface area contributed by atoms with Gasteiger partial charge in [0.25, 0.3) is 5.91 Å². The number of ketones is 2. The molecule has 0 bridgehead atoms. The molecule has 0 saturated heterocycles. The Hall–Kier alpha value is -3.42. The van der Waals surface area contributed by atoms with Crippen molar-refractivity contribution in [2.75, 3.05) is 19.7 Å². The van der Waals surface area contributed by atoms with Crippen LogP contribution in [0.1, 0.15) is 60.7 Å². The molecule has 10 nitrogen and oxygen atoms in total. The number of benzene rings is 1. The van der Waals surface area contributed by atoms with Crippen LogP contribution < -0.4 is 5.73 Å². The first kappa shape index (κ1) is 30.5. The van der Waals surface area contributed by atoms with Gasteiger partial charge in [0.1, 0.15) is 22.8 Å². The van der Waals surface area contributed by atoms with E-state index in [0.29, 0.717) is 13.1 Å². The molecule has 1 amide bonds. The van der Waals surface area contributed by atoms with E-state index in [1.807, 2.05) is 13.8 Å². The van der Waals surface area contributed by atoms with Crippen molar-refractivity contribution in [3.63, 3.8) is 0 Å². The Morgan fingerprint density at radius 2 is 1.88 bits per heavy atom. The summed E-state index contributed by atoms with van der Waals surface area (Å²) in [6.07, 6.45) is -6.15. The Balaban J connectivity index is 1.82. The van der Waals surface area contributed by atoms with E-state index in [1.54, 1.807) is 11.8 Å². The van der Waals surface area contributed by atoms with E-state index in [0.717, 1.165) is 6.07 Å². The third kappa shape index (κ3) is 5.10. The number of hydrogen-bond donors (Lipinski definition) is 5. The molecule has 0 aromatic heterocycles. The third-order valence-electron chi connectivity index (χ3n) is 8.13. The number of carbonyl (C=O) groups is 3. The Labute approximate surface area is 233 Å². The van der Waals surface area contributed by atoms with Gasteiger partial charge in [-0.05, 0) is 56.3 Å². The van der Waals surface area contributed by atoms with Crippen molar-refractivity contribution in [1.82, 2.24) is 4.90 Å². The molecule has 1 aromatic carbocycles. The maximum absolute atomic E-state index is 14.6. The van der Waals surface area contributed by atoms with Gasteiger partial charge in [-0.15, -0.1) is 0 Å². The van der Waals surface area contributed by atoms with Gasteiger partial charge < -0.3 is 30.9 Å². The van der Waals surface area contributed by atoms with Crippen LogP contribution in [0.3, 0.4) is 0 Å². The van der Waals surface area contributed by atoms with E-state index >= 15 is 0 Å². The lowest BCUT2D eigenvalue weighted by Gasteiger charge is -2.45. The van der Waals surface area contributed by atoms with Crippen molar-refractivity contribution in [2.24, 2.45) is 17.6 Å². The molecule has 0 radical (unpaired) electrons. The Morgan fingerprint density at radius 3 is 2.44 bits per heavy atom. The fourth-order valence-corrected chi connectivity index (χ4v) is 6.24. The van der Waals surface area contributed by atoms with E-state index in [9.17, 15) is 48.0 Å². The number of primary amides is 1. The molecular weight excluding hydrogens is 549 g/mol. The molecular formula is C28H33F3N2O8. The molecule has 0 spiro atoms. The summed E-state index contributed by atoms with van der Waals surface area (Å²) < 4.78 is 49.3. The standard InChI is InChI=1S/C28H33F3N2O8/c1-4-33(5-6-41-12(2)3)11-14-9-17(34)20-16(22(14)28(29,30)31)8-13-7-15-10-18(35)21(26(32)39)25(38)27(15,40)24(37)19(13)23(20)36/h9,12-13,15,34-35,37,40H,4-8,10-11H2,1-3H3,(H2,32,39)/t13?,15-,27-/m0/s1. The van der Waals surface area contributed by atoms with Gasteiger partial charge in [0.2, 0.25) is 5.78 Å². The molecule has 3 aliphatic carbocycles. The second-order valence-corrected chi connectivity index (χ2v) is 11.0. The first-order valence-corrected chi connectivity index (χ1v) is 13.3. The van der Waals surface area contributed by atoms with Gasteiger partial charge in [-0.3, -0.25) is 19.3 Å². The number of alkyl halides is 3. The minimum atomic E-state index is -4.90. The fraction of sp³-hybridized carbons (Fsp3) is 0.536. The van der Waals surface area contributed by atoms with Crippen LogP contribution in [0.25, 0.3) is 0 Å². The summed E-state index contributed by atoms with van der Waals surface area (Å²) in [5.41, 5.74) is -1.50. The van der Waals surface area contributed by atoms with Crippen LogP contribution in [-0.2, 0) is 33.5 Å². The Morgan fingerprint density at radius 1 is 1.22 bits per heavy atom. The van der Waals surface area contributed by atoms with Crippen molar-refractivity contribution >= 4 is 17.5 Å². The SMILES string of the molecule is CCN(CCOC(C)C)Cc1cc(O)c2c(c1C(F)(F)F)CC1C[C@H]3CC(O)=C(C(N)=O)C(=O)[C@@]3(O)C(O)=C1C2=O. The summed E-state index contributed by atoms with van der Waals surface area (Å²) >= 11 is 0. The smallest absolute Gasteiger partial charge is 0.417 e. The molecule has 0 fully saturated rings. The zero-order chi connectivity index (χ0) is 30.6. The Bertz CT molecular complexity index is 1370. The number of aliphatic hydroxyl groups is 3. The number of carbonyl (C=O) groups excluding carboxylic acids is 3. The van der Waals surface area contributed by atoms with Gasteiger partial charge in [-0.1, -0.05) is 6.92 Å². The first-order chi connectivity index (χ1) is 19.0. The number of phenolic OH excluding ortho intramolecular Hbond substituents is 1. The maximum atomic E-state index is 14.6. The van der Waals surface area contributed by atoms with Gasteiger partial charge in [0.15, 0.2) is 11.4 Å². The molecule has 0 aliphatic heterocycles. The van der Waals surface area contributed by atoms with Gasteiger partial charge >= 0.3 is 6.18 Å². The quantitative estimate of drug-likeness (QED) is 0.289. The monoisotopic (exact) mass is 582 g/mol. The maximum Gasteiger partial charge on any atom is 0.417 e. The van der Waals surface area contributed by atoms with Crippen LogP contribution in [0, 0.1) is 11.8 Å². The highest BCUT2D eigenvalue weighted by atomic mass is 19.4. The van der Waals surface area contributed by atoms with Gasteiger partial charge in [-0.25, -0.2) is 0 Å². The van der Waals surface area contributed by atoms with Gasteiger partial charge in [0, 0.05) is 31.0 Å². The molecule has 13 heteroatoms. The summed E-state index contributed by atoms with van der Waals surface area (Å²) in [7, 11) is 0. The van der Waals surface area contributed by atoms with Crippen molar-refractivity contribution < 1.29 is 52.7 Å². The topological polar surface area (TPSA) is 171 Å². The number of halogens is 3. The van der Waals surface area contributed by atoms with Crippen molar-refractivity contribution in [1.29, 1.82) is 0 Å². The van der Waals surface area contributed by atoms with Crippen LogP contribution in [0.5, 0.6) is 5.75 Å². The predicted molar refractivity (Wildman–Crippen MR) is 138 cm³/mol. The average molecular weight is 583 g/mol. The normalized spacial score (nSPS) is 24.6. The number of Topliss-reactive ketones (excluding diaryl/α,β-unsaturated/α-hetero) is 2. The van der Waals surface area contributed by atoms with Gasteiger partial charge in [-0.2, -0.15) is 13.2 Å². The second-order valence-electron chi connectivity index (χ2n) is 11.0. The lowest BCUT2D eigenvalue weighted by atomic mass is 9.60. The molecule has 3 aliphatic rings. The molecule has 0 saturated carbocycles. The number of ether oxygens (including phenoxy) is 1. The van der Waals surface area contributed by atoms with E-state index < -0.39 is 99.0 Å². The second kappa shape index (κ2) is 10.8. The summed E-state index contributed by atoms with van der Waals surface area (Å²) in [5, 5.41) is 43.4. The highest BCUT2D eigenvalue weighted by molar-refractivity contribution is 6.24. The van der Waals surface area contributed by atoms with Crippen molar-refractivity contribution in [2.45, 2.75) is 64.5 Å². The number of nitrogens with zero attached hydrogens (tertiary/aromatic N) is 1. The molecule has 224 valence electrons. The number of hydrogen-bond acceptors (Lipinski definition) is 9. The zero-order valence-corrected chi connectivity index (χ0v) is 22.8. The van der Waals surface area contributed by atoms with E-state index in [1.165, 1.54) is 0 Å². The number of likely N-dealkylation sites (N-methyl/N-ethyl adjacent to an activating group) is 1. The lowest BCUT2D eigenvalue weighted by Crippen LogP contribution is -2.57. The van der Waals surface area contributed by atoms with E-state index in [-0.39, 0.29) is 31.2 Å². The number of aliphatic hydroxyl groups excluding tert-OH is 2. The summed E-state index contributed by atoms with van der Waals surface area (Å²) in [4.78, 5) is 40.1. The average Bonchev–Trinajstić information content (AvgIpc) is 2.84.